The van der Waals surface area contributed by atoms with Gasteiger partial charge in [-0.25, -0.2) is 0 Å². The molecule has 1 N–H and O–H groups in total. The molecule has 20 heavy (non-hydrogen) atoms. The van der Waals surface area contributed by atoms with Crippen LogP contribution in [0.25, 0.3) is 11.1 Å². The smallest absolute Gasteiger partial charge is 0.316 e. The molecule has 0 heterocycles. The monoisotopic (exact) mass is 299 g/mol. The fraction of sp³-hybridized carbons (Fsp3) is 0.200. The Morgan fingerprint density at radius 3 is 2.40 bits per heavy atom. The first-order valence-corrected chi connectivity index (χ1v) is 6.40. The predicted octanol–water partition coefficient (Wildman–Crippen LogP) is 4.75. The van der Waals surface area contributed by atoms with Gasteiger partial charge in [0.05, 0.1) is 5.56 Å². The second-order valence-corrected chi connectivity index (χ2v) is 4.82. The Kier molecular flexibility index (Phi) is 4.35. The highest BCUT2D eigenvalue weighted by atomic mass is 35.5. The van der Waals surface area contributed by atoms with E-state index in [2.05, 4.69) is 5.32 Å². The summed E-state index contributed by atoms with van der Waals surface area (Å²) >= 11 is 6.05. The Morgan fingerprint density at radius 1 is 1.05 bits per heavy atom. The van der Waals surface area contributed by atoms with Crippen LogP contribution in [0.4, 0.5) is 13.2 Å². The van der Waals surface area contributed by atoms with Gasteiger partial charge in [0.2, 0.25) is 0 Å². The molecule has 0 aliphatic rings. The number of benzene rings is 2. The lowest BCUT2D eigenvalue weighted by molar-refractivity contribution is -0.137. The maximum Gasteiger partial charge on any atom is 0.416 e. The van der Waals surface area contributed by atoms with Crippen LogP contribution in [-0.4, -0.2) is 7.05 Å². The quantitative estimate of drug-likeness (QED) is 0.863. The number of rotatable bonds is 3. The van der Waals surface area contributed by atoms with Gasteiger partial charge in [0.15, 0.2) is 0 Å². The Morgan fingerprint density at radius 2 is 1.75 bits per heavy atom. The van der Waals surface area contributed by atoms with E-state index >= 15 is 0 Å². The van der Waals surface area contributed by atoms with Crippen LogP contribution in [0.1, 0.15) is 11.1 Å². The van der Waals surface area contributed by atoms with Crippen LogP contribution in [0.5, 0.6) is 0 Å². The first kappa shape index (κ1) is 14.9. The molecule has 0 saturated carbocycles. The molecular weight excluding hydrogens is 287 g/mol. The maximum absolute atomic E-state index is 12.7. The summed E-state index contributed by atoms with van der Waals surface area (Å²) < 4.78 is 38.1. The summed E-state index contributed by atoms with van der Waals surface area (Å²) in [7, 11) is 1.78. The normalized spacial score (nSPS) is 11.7. The number of hydrogen-bond acceptors (Lipinski definition) is 1. The van der Waals surface area contributed by atoms with Crippen molar-refractivity contribution in [3.63, 3.8) is 0 Å². The molecule has 2 rings (SSSR count). The van der Waals surface area contributed by atoms with E-state index in [0.29, 0.717) is 22.7 Å². The maximum atomic E-state index is 12.7. The summed E-state index contributed by atoms with van der Waals surface area (Å²) in [5.41, 5.74) is 1.43. The highest BCUT2D eigenvalue weighted by Gasteiger charge is 2.30. The van der Waals surface area contributed by atoms with Crippen molar-refractivity contribution in [1.29, 1.82) is 0 Å². The van der Waals surface area contributed by atoms with Crippen molar-refractivity contribution in [1.82, 2.24) is 5.32 Å². The summed E-state index contributed by atoms with van der Waals surface area (Å²) in [4.78, 5) is 0. The second kappa shape index (κ2) is 5.85. The molecule has 0 unspecified atom stereocenters. The van der Waals surface area contributed by atoms with Crippen molar-refractivity contribution in [3.8, 4) is 11.1 Å². The summed E-state index contributed by atoms with van der Waals surface area (Å²) in [5, 5.41) is 3.57. The zero-order valence-corrected chi connectivity index (χ0v) is 11.5. The van der Waals surface area contributed by atoms with E-state index in [4.69, 9.17) is 11.6 Å². The average molecular weight is 300 g/mol. The largest absolute Gasteiger partial charge is 0.416 e. The lowest BCUT2D eigenvalue weighted by atomic mass is 10.0. The van der Waals surface area contributed by atoms with Crippen molar-refractivity contribution in [2.45, 2.75) is 12.7 Å². The molecule has 0 aliphatic carbocycles. The zero-order chi connectivity index (χ0) is 14.8. The van der Waals surface area contributed by atoms with Gasteiger partial charge < -0.3 is 5.32 Å². The topological polar surface area (TPSA) is 12.0 Å². The Bertz CT molecular complexity index is 608. The van der Waals surface area contributed by atoms with Crippen LogP contribution in [0.3, 0.4) is 0 Å². The van der Waals surface area contributed by atoms with Gasteiger partial charge in [0, 0.05) is 11.6 Å². The van der Waals surface area contributed by atoms with Crippen LogP contribution >= 0.6 is 11.6 Å². The summed E-state index contributed by atoms with van der Waals surface area (Å²) in [6, 6.07) is 10.5. The van der Waals surface area contributed by atoms with E-state index in [1.807, 2.05) is 0 Å². The molecule has 0 amide bonds. The minimum Gasteiger partial charge on any atom is -0.316 e. The molecule has 2 aromatic rings. The molecule has 0 atom stereocenters. The van der Waals surface area contributed by atoms with Crippen molar-refractivity contribution < 1.29 is 13.2 Å². The number of alkyl halides is 3. The standard InChI is InChI=1S/C15H13ClF3N/c1-20-9-12-7-11(5-6-14(12)16)10-3-2-4-13(8-10)15(17,18)19/h2-8,20H,9H2,1H3. The molecule has 106 valence electrons. The van der Waals surface area contributed by atoms with E-state index in [0.717, 1.165) is 17.7 Å². The lowest BCUT2D eigenvalue weighted by Crippen LogP contribution is -2.06. The van der Waals surface area contributed by atoms with E-state index < -0.39 is 11.7 Å². The second-order valence-electron chi connectivity index (χ2n) is 4.42. The van der Waals surface area contributed by atoms with E-state index in [9.17, 15) is 13.2 Å². The molecule has 0 fully saturated rings. The fourth-order valence-corrected chi connectivity index (χ4v) is 2.14. The van der Waals surface area contributed by atoms with Crippen LogP contribution < -0.4 is 5.32 Å². The summed E-state index contributed by atoms with van der Waals surface area (Å²) in [5.74, 6) is 0. The third-order valence-corrected chi connectivity index (χ3v) is 3.30. The van der Waals surface area contributed by atoms with Crippen LogP contribution in [0.2, 0.25) is 5.02 Å². The van der Waals surface area contributed by atoms with Crippen LogP contribution in [0, 0.1) is 0 Å². The predicted molar refractivity (Wildman–Crippen MR) is 74.7 cm³/mol. The molecule has 1 nitrogen and oxygen atoms in total. The summed E-state index contributed by atoms with van der Waals surface area (Å²) in [6.07, 6.45) is -4.34. The molecular formula is C15H13ClF3N. The van der Waals surface area contributed by atoms with E-state index in [1.54, 1.807) is 31.3 Å². The molecule has 5 heteroatoms. The Balaban J connectivity index is 2.44. The van der Waals surface area contributed by atoms with E-state index in [-0.39, 0.29) is 0 Å². The third kappa shape index (κ3) is 3.32. The van der Waals surface area contributed by atoms with Gasteiger partial charge in [0.1, 0.15) is 0 Å². The Labute approximate surface area is 120 Å². The molecule has 0 saturated heterocycles. The minimum atomic E-state index is -4.34. The van der Waals surface area contributed by atoms with Crippen molar-refractivity contribution in [3.05, 3.63) is 58.6 Å². The minimum absolute atomic E-state index is 0.522. The fourth-order valence-electron chi connectivity index (χ4n) is 1.96. The van der Waals surface area contributed by atoms with Gasteiger partial charge in [0.25, 0.3) is 0 Å². The number of halogens is 4. The van der Waals surface area contributed by atoms with Crippen molar-refractivity contribution in [2.24, 2.45) is 0 Å². The first-order chi connectivity index (χ1) is 9.41. The highest BCUT2D eigenvalue weighted by Crippen LogP contribution is 2.33. The van der Waals surface area contributed by atoms with E-state index in [1.165, 1.54) is 6.07 Å². The SMILES string of the molecule is CNCc1cc(-c2cccc(C(F)(F)F)c2)ccc1Cl. The molecule has 0 bridgehead atoms. The molecule has 0 radical (unpaired) electrons. The van der Waals surface area contributed by atoms with Gasteiger partial charge in [-0.3, -0.25) is 0 Å². The average Bonchev–Trinajstić information content (AvgIpc) is 2.41. The zero-order valence-electron chi connectivity index (χ0n) is 10.8. The molecule has 2 aromatic carbocycles. The van der Waals surface area contributed by atoms with Crippen molar-refractivity contribution in [2.75, 3.05) is 7.05 Å². The van der Waals surface area contributed by atoms with Gasteiger partial charge >= 0.3 is 6.18 Å². The van der Waals surface area contributed by atoms with Gasteiger partial charge in [-0.05, 0) is 48.0 Å². The van der Waals surface area contributed by atoms with Gasteiger partial charge in [-0.1, -0.05) is 29.8 Å². The van der Waals surface area contributed by atoms with Crippen molar-refractivity contribution >= 4 is 11.6 Å². The molecule has 0 aliphatic heterocycles. The number of nitrogens with one attached hydrogen (secondary N) is 1. The highest BCUT2D eigenvalue weighted by molar-refractivity contribution is 6.31. The molecule has 0 spiro atoms. The summed E-state index contributed by atoms with van der Waals surface area (Å²) in [6.45, 7) is 0.561. The van der Waals surface area contributed by atoms with Gasteiger partial charge in [-0.2, -0.15) is 13.2 Å². The van der Waals surface area contributed by atoms with Crippen LogP contribution in [-0.2, 0) is 12.7 Å². The van der Waals surface area contributed by atoms with Gasteiger partial charge in [-0.15, -0.1) is 0 Å². The van der Waals surface area contributed by atoms with Crippen LogP contribution in [0.15, 0.2) is 42.5 Å². The third-order valence-electron chi connectivity index (χ3n) is 2.94. The lowest BCUT2D eigenvalue weighted by Gasteiger charge is -2.11. The Hall–Kier alpha value is -1.52. The number of hydrogen-bond donors (Lipinski definition) is 1. The molecule has 0 aromatic heterocycles. The first-order valence-electron chi connectivity index (χ1n) is 6.02.